The molecule has 0 amide bonds. The maximum atomic E-state index is 10.6. The number of hydrogen-bond acceptors (Lipinski definition) is 3. The summed E-state index contributed by atoms with van der Waals surface area (Å²) in [4.78, 5) is 10.6. The van der Waals surface area contributed by atoms with Gasteiger partial charge in [0, 0.05) is 15.1 Å². The molecule has 0 aromatic carbocycles. The van der Waals surface area contributed by atoms with E-state index in [1.807, 2.05) is 0 Å². The van der Waals surface area contributed by atoms with Crippen LogP contribution in [0.1, 0.15) is 14.6 Å². The third kappa shape index (κ3) is 7.29. The van der Waals surface area contributed by atoms with Crippen molar-refractivity contribution < 1.29 is 27.7 Å². The highest BCUT2D eigenvalue weighted by Crippen LogP contribution is 1.97. The molecule has 0 unspecified atom stereocenters. The van der Waals surface area contributed by atoms with Crippen LogP contribution in [0, 0.1) is 0 Å². The van der Waals surface area contributed by atoms with Crippen LogP contribution in [-0.2, 0) is 4.79 Å². The topological polar surface area (TPSA) is 60.4 Å². The molecule has 0 fully saturated rings. The second-order valence-electron chi connectivity index (χ2n) is 2.68. The lowest BCUT2D eigenvalue weighted by molar-refractivity contribution is -0.873. The van der Waals surface area contributed by atoms with Gasteiger partial charge in [0.1, 0.15) is 12.6 Å². The molecule has 0 rings (SSSR count). The molecule has 4 nitrogen and oxygen atoms in total. The number of aliphatic hydroxyl groups is 1. The van der Waals surface area contributed by atoms with Gasteiger partial charge in [-0.25, -0.2) is 0 Å². The normalized spacial score (nSPS) is 29.1. The third-order valence-corrected chi connectivity index (χ3v) is 0.780. The minimum atomic E-state index is -3.32. The van der Waals surface area contributed by atoms with E-state index in [0.29, 0.717) is 0 Å². The van der Waals surface area contributed by atoms with E-state index in [1.54, 1.807) is 0 Å². The SMILES string of the molecule is [2H]O[C@@]([2H])(C[N+](C)(C)C([2H])([2H])[2H])C([2H])([2H])C(=O)[O-]. The van der Waals surface area contributed by atoms with Crippen LogP contribution in [0.25, 0.3) is 0 Å². The minimum Gasteiger partial charge on any atom is -0.550 e. The highest BCUT2D eigenvalue weighted by atomic mass is 16.4. The zero-order valence-corrected chi connectivity index (χ0v) is 6.38. The molecule has 4 heteroatoms. The first-order chi connectivity index (χ1) is 7.71. The Hall–Kier alpha value is -0.610. The first-order valence-electron chi connectivity index (χ1n) is 6.31. The summed E-state index contributed by atoms with van der Waals surface area (Å²) in [5.41, 5.74) is 0. The maximum absolute atomic E-state index is 10.6. The fraction of sp³-hybridized carbons (Fsp3) is 0.857. The van der Waals surface area contributed by atoms with E-state index in [1.165, 1.54) is 0 Å². The highest BCUT2D eigenvalue weighted by Gasteiger charge is 2.14. The molecule has 11 heavy (non-hydrogen) atoms. The van der Waals surface area contributed by atoms with Gasteiger partial charge in [0.25, 0.3) is 0 Å². The summed E-state index contributed by atoms with van der Waals surface area (Å²) in [6, 6.07) is 0. The molecule has 66 valence electrons. The van der Waals surface area contributed by atoms with E-state index in [4.69, 9.17) is 9.66 Å². The number of aliphatic carboxylic acids is 1. The van der Waals surface area contributed by atoms with Crippen LogP contribution in [0.2, 0.25) is 0 Å². The van der Waals surface area contributed by atoms with Crippen LogP contribution >= 0.6 is 0 Å². The van der Waals surface area contributed by atoms with Crippen molar-refractivity contribution in [2.24, 2.45) is 0 Å². The van der Waals surface area contributed by atoms with E-state index in [9.17, 15) is 9.90 Å². The van der Waals surface area contributed by atoms with E-state index < -0.39 is 36.4 Å². The van der Waals surface area contributed by atoms with Crippen LogP contribution in [0.5, 0.6) is 0 Å². The summed E-state index contributed by atoms with van der Waals surface area (Å²) in [5, 5.41) is 14.5. The number of likely N-dealkylation sites (N-methyl/N-ethyl adjacent to an activating group) is 1. The van der Waals surface area contributed by atoms with Gasteiger partial charge in [0.05, 0.1) is 26.6 Å². The van der Waals surface area contributed by atoms with Gasteiger partial charge in [-0.05, 0) is 0 Å². The van der Waals surface area contributed by atoms with Crippen LogP contribution in [0.4, 0.5) is 0 Å². The lowest BCUT2D eigenvalue weighted by Crippen LogP contribution is -2.43. The van der Waals surface area contributed by atoms with Crippen molar-refractivity contribution in [1.82, 2.24) is 0 Å². The second-order valence-corrected chi connectivity index (χ2v) is 2.68. The predicted molar refractivity (Wildman–Crippen MR) is 38.5 cm³/mol. The van der Waals surface area contributed by atoms with Crippen molar-refractivity contribution in [1.29, 1.82) is 1.43 Å². The largest absolute Gasteiger partial charge is 0.550 e. The summed E-state index contributed by atoms with van der Waals surface area (Å²) in [7, 11) is 2.31. The van der Waals surface area contributed by atoms with E-state index in [-0.39, 0.29) is 0 Å². The monoisotopic (exact) mass is 168 g/mol. The molecule has 0 saturated carbocycles. The van der Waals surface area contributed by atoms with Gasteiger partial charge in [0.15, 0.2) is 0 Å². The Labute approximate surface area is 76.6 Å². The van der Waals surface area contributed by atoms with Crippen molar-refractivity contribution in [3.63, 3.8) is 0 Å². The molecule has 0 aliphatic rings. The average molecular weight is 168 g/mol. The standard InChI is InChI=1S/C7H15NO3/c1-8(2,3)5-6(9)4-7(10)11/h6,9H,4-5H2,1-3H3/t6-/m1/s1/i1D3,4D2,6D,9D. The molecule has 0 aromatic rings. The molecular weight excluding hydrogens is 146 g/mol. The summed E-state index contributed by atoms with van der Waals surface area (Å²) < 4.78 is 49.4. The molecule has 1 atom stereocenters. The van der Waals surface area contributed by atoms with Gasteiger partial charge >= 0.3 is 0 Å². The van der Waals surface area contributed by atoms with Crippen molar-refractivity contribution in [2.45, 2.75) is 12.5 Å². The van der Waals surface area contributed by atoms with E-state index >= 15 is 0 Å². The number of carboxylic acids is 1. The predicted octanol–water partition coefficient (Wildman–Crippen LogP) is -1.81. The van der Waals surface area contributed by atoms with Gasteiger partial charge < -0.3 is 19.5 Å². The molecule has 0 aliphatic carbocycles. The Balaban J connectivity index is 5.42. The molecule has 0 radical (unpaired) electrons. The molecule has 0 aliphatic heterocycles. The summed E-state index contributed by atoms with van der Waals surface area (Å²) in [6.07, 6.45) is -6.22. The summed E-state index contributed by atoms with van der Waals surface area (Å²) in [6.45, 7) is -3.49. The van der Waals surface area contributed by atoms with Crippen molar-refractivity contribution in [2.75, 3.05) is 27.6 Å². The van der Waals surface area contributed by atoms with E-state index in [0.717, 1.165) is 14.1 Å². The number of hydrogen-bond donors (Lipinski definition) is 1. The second kappa shape index (κ2) is 3.69. The lowest BCUT2D eigenvalue weighted by Gasteiger charge is -2.26. The molecule has 0 spiro atoms. The Kier molecular flexibility index (Phi) is 1.14. The third-order valence-electron chi connectivity index (χ3n) is 0.780. The Bertz CT molecular complexity index is 329. The van der Waals surface area contributed by atoms with Crippen molar-refractivity contribution in [3.8, 4) is 0 Å². The molecule has 0 aromatic heterocycles. The zero-order valence-electron chi connectivity index (χ0n) is 13.4. The van der Waals surface area contributed by atoms with Gasteiger partial charge in [-0.3, -0.25) is 0 Å². The molecule has 1 N–H and O–H groups in total. The summed E-state index contributed by atoms with van der Waals surface area (Å²) >= 11 is 0. The number of quaternary nitrogens is 1. The minimum absolute atomic E-state index is 0.867. The highest BCUT2D eigenvalue weighted by molar-refractivity contribution is 5.64. The Morgan fingerprint density at radius 2 is 2.73 bits per heavy atom. The van der Waals surface area contributed by atoms with E-state index in [2.05, 4.69) is 5.11 Å². The van der Waals surface area contributed by atoms with Crippen LogP contribution in [0.3, 0.4) is 0 Å². The van der Waals surface area contributed by atoms with Gasteiger partial charge in [-0.1, -0.05) is 0 Å². The zero-order chi connectivity index (χ0) is 15.0. The maximum Gasteiger partial charge on any atom is 0.211 e. The number of nitrogens with zero attached hydrogens (tertiary/aromatic N) is 1. The number of carboxylic acid groups (broad SMARTS) is 1. The van der Waals surface area contributed by atoms with Crippen molar-refractivity contribution in [3.05, 3.63) is 0 Å². The lowest BCUT2D eigenvalue weighted by atomic mass is 10.2. The Morgan fingerprint density at radius 3 is 3.09 bits per heavy atom. The molecule has 0 saturated heterocycles. The number of carbonyl (C=O) groups excluding carboxylic acids is 1. The van der Waals surface area contributed by atoms with Crippen LogP contribution < -0.4 is 5.11 Å². The average Bonchev–Trinajstić information content (AvgIpc) is 2.14. The first-order valence-corrected chi connectivity index (χ1v) is 2.90. The number of rotatable bonds is 5. The van der Waals surface area contributed by atoms with Crippen LogP contribution in [-0.4, -0.2) is 50.7 Å². The summed E-state index contributed by atoms with van der Waals surface area (Å²) in [5.74, 6) is -2.24. The van der Waals surface area contributed by atoms with Crippen molar-refractivity contribution >= 4 is 5.97 Å². The molecule has 0 bridgehead atoms. The van der Waals surface area contributed by atoms with Gasteiger partial charge in [0.2, 0.25) is 1.43 Å². The fourth-order valence-corrected chi connectivity index (χ4v) is 0.512. The molecular formula is C7H15NO3. The van der Waals surface area contributed by atoms with Gasteiger partial charge in [-0.2, -0.15) is 0 Å². The fourth-order valence-electron chi connectivity index (χ4n) is 0.512. The Morgan fingerprint density at radius 1 is 2.09 bits per heavy atom. The quantitative estimate of drug-likeness (QED) is 0.492. The number of carbonyl (C=O) groups is 1. The first kappa shape index (κ1) is 3.41. The molecule has 0 heterocycles. The van der Waals surface area contributed by atoms with Crippen LogP contribution in [0.15, 0.2) is 0 Å². The smallest absolute Gasteiger partial charge is 0.211 e. The van der Waals surface area contributed by atoms with Gasteiger partial charge in [-0.15, -0.1) is 0 Å².